The molecule has 0 spiro atoms. The molecule has 0 atom stereocenters. The maximum atomic E-state index is 10.4. The molecule has 0 heterocycles. The van der Waals surface area contributed by atoms with Crippen LogP contribution in [0.25, 0.3) is 0 Å². The van der Waals surface area contributed by atoms with Gasteiger partial charge in [0.2, 0.25) is 13.8 Å². The predicted octanol–water partition coefficient (Wildman–Crippen LogP) is -0.291. The molecule has 0 amide bonds. The zero-order chi connectivity index (χ0) is 3.58. The average molecular weight is 59.8 g/mol. The molecule has 0 aromatic rings. The number of carbonyl (C=O) groups is 1. The first kappa shape index (κ1) is 3.66. The van der Waals surface area contributed by atoms with Gasteiger partial charge in [-0.15, -0.1) is 0 Å². The van der Waals surface area contributed by atoms with E-state index in [0.29, 0.717) is 0 Å². The highest BCUT2D eigenvalue weighted by molar-refractivity contribution is 6.54. The van der Waals surface area contributed by atoms with Gasteiger partial charge >= 0.3 is 0 Å². The van der Waals surface area contributed by atoms with Gasteiger partial charge in [-0.05, 0) is 0 Å². The molecule has 0 unspecified atom stereocenters. The molecule has 0 rings (SSSR count). The Morgan fingerprint density at radius 1 is 2.00 bits per heavy atom. The van der Waals surface area contributed by atoms with Crippen LogP contribution in [0.5, 0.6) is 0 Å². The van der Waals surface area contributed by atoms with Crippen molar-refractivity contribution >= 4 is 13.8 Å². The highest BCUT2D eigenvalue weighted by Gasteiger charge is 1.71. The molecule has 0 aliphatic carbocycles. The smallest absolute Gasteiger partial charge is 0.243 e. The van der Waals surface area contributed by atoms with E-state index >= 15 is 0 Å². The van der Waals surface area contributed by atoms with Crippen molar-refractivity contribution in [3.05, 3.63) is 0 Å². The highest BCUT2D eigenvalue weighted by Crippen LogP contribution is 1.57. The fraction of sp³-hybridized carbons (Fsp3) is 0. The topological polar surface area (TPSA) is 17.1 Å². The summed E-state index contributed by atoms with van der Waals surface area (Å²) in [4.78, 5) is 8.78. The maximum Gasteiger partial charge on any atom is 0.243 e. The second-order valence-corrected chi connectivity index (χ2v) is 0.470. The van der Waals surface area contributed by atoms with Gasteiger partial charge in [-0.3, -0.25) is 4.79 Å². The van der Waals surface area contributed by atoms with Crippen molar-refractivity contribution < 1.29 is 9.18 Å². The van der Waals surface area contributed by atoms with Crippen molar-refractivity contribution in [1.82, 2.24) is 0 Å². The van der Waals surface area contributed by atoms with E-state index < -0.39 is 5.94 Å². The third-order valence-electron chi connectivity index (χ3n) is 0. The van der Waals surface area contributed by atoms with Gasteiger partial charge in [-0.2, -0.15) is 4.39 Å². The van der Waals surface area contributed by atoms with Gasteiger partial charge in [0.05, 0.1) is 0 Å². The summed E-state index contributed by atoms with van der Waals surface area (Å²) in [6.07, 6.45) is 0. The van der Waals surface area contributed by atoms with Gasteiger partial charge in [0, 0.05) is 0 Å². The molecule has 22 valence electrons. The van der Waals surface area contributed by atoms with E-state index in [1.54, 1.807) is 0 Å². The molecular formula is CH2BFO. The lowest BCUT2D eigenvalue weighted by atomic mass is 10.2. The Balaban J connectivity index is 2.80. The molecular weight excluding hydrogens is 57.8 g/mol. The van der Waals surface area contributed by atoms with Crippen molar-refractivity contribution in [2.24, 2.45) is 0 Å². The fourth-order valence-electron chi connectivity index (χ4n) is 0. The number of carbonyl (C=O) groups excluding carboxylic acids is 1. The third kappa shape index (κ3) is 6.56. The Bertz CT molecular complexity index is 31.0. The molecule has 0 aromatic heterocycles. The summed E-state index contributed by atoms with van der Waals surface area (Å²) in [7, 11) is 0.861. The largest absolute Gasteiger partial charge is 0.275 e. The summed E-state index contributed by atoms with van der Waals surface area (Å²) in [5.41, 5.74) is 0. The first-order valence-corrected chi connectivity index (χ1v) is 0.893. The first-order chi connectivity index (χ1) is 1.73. The van der Waals surface area contributed by atoms with E-state index in [0.717, 1.165) is 7.85 Å². The standard InChI is InChI=1S/CH2BFO/c2-1(3)4/h2H2. The van der Waals surface area contributed by atoms with Crippen molar-refractivity contribution in [3.63, 3.8) is 0 Å². The molecule has 1 nitrogen and oxygen atoms in total. The number of halogens is 1. The summed E-state index contributed by atoms with van der Waals surface area (Å²) in [5, 5.41) is 0. The van der Waals surface area contributed by atoms with Gasteiger partial charge in [0.1, 0.15) is 0 Å². The lowest BCUT2D eigenvalue weighted by Gasteiger charge is -1.50. The van der Waals surface area contributed by atoms with Gasteiger partial charge in [0.25, 0.3) is 0 Å². The molecule has 0 N–H and O–H groups in total. The monoisotopic (exact) mass is 60.0 g/mol. The van der Waals surface area contributed by atoms with Crippen LogP contribution in [-0.2, 0) is 0 Å². The maximum absolute atomic E-state index is 10.4. The lowest BCUT2D eigenvalue weighted by Crippen LogP contribution is -1.72. The molecule has 3 heteroatoms. The zero-order valence-electron chi connectivity index (χ0n) is 2.29. The van der Waals surface area contributed by atoms with Crippen LogP contribution in [0.15, 0.2) is 0 Å². The second-order valence-electron chi connectivity index (χ2n) is 0.470. The average Bonchev–Trinajstić information content (AvgIpc) is 0.811. The second kappa shape index (κ2) is 1.04. The van der Waals surface area contributed by atoms with Crippen molar-refractivity contribution in [2.45, 2.75) is 0 Å². The van der Waals surface area contributed by atoms with Gasteiger partial charge in [-0.25, -0.2) is 0 Å². The summed E-state index contributed by atoms with van der Waals surface area (Å²) >= 11 is 0. The predicted molar refractivity (Wildman–Crippen MR) is 15.0 cm³/mol. The Hall–Kier alpha value is -0.335. The highest BCUT2D eigenvalue weighted by atomic mass is 19.1. The molecule has 0 radical (unpaired) electrons. The van der Waals surface area contributed by atoms with Crippen LogP contribution < -0.4 is 0 Å². The zero-order valence-corrected chi connectivity index (χ0v) is 2.29. The molecule has 0 aliphatic rings. The summed E-state index contributed by atoms with van der Waals surface area (Å²) in [5.74, 6) is -1.33. The first-order valence-electron chi connectivity index (χ1n) is 0.893. The van der Waals surface area contributed by atoms with E-state index in [1.807, 2.05) is 0 Å². The van der Waals surface area contributed by atoms with Crippen molar-refractivity contribution in [1.29, 1.82) is 0 Å². The summed E-state index contributed by atoms with van der Waals surface area (Å²) in [6, 6.07) is 0. The molecule has 0 bridgehead atoms. The molecule has 0 saturated heterocycles. The minimum Gasteiger partial charge on any atom is -0.275 e. The Labute approximate surface area is 24.2 Å². The minimum absolute atomic E-state index is 0.861. The van der Waals surface area contributed by atoms with Crippen LogP contribution in [0.3, 0.4) is 0 Å². The third-order valence-corrected chi connectivity index (χ3v) is 0. The van der Waals surface area contributed by atoms with Gasteiger partial charge in [-0.1, -0.05) is 0 Å². The Kier molecular flexibility index (Phi) is 0.953. The van der Waals surface area contributed by atoms with Gasteiger partial charge < -0.3 is 0 Å². The fourth-order valence-corrected chi connectivity index (χ4v) is 0. The summed E-state index contributed by atoms with van der Waals surface area (Å²) in [6.45, 7) is 0. The normalized spacial score (nSPS) is 6.25. The summed E-state index contributed by atoms with van der Waals surface area (Å²) < 4.78 is 10.4. The Morgan fingerprint density at radius 3 is 2.00 bits per heavy atom. The van der Waals surface area contributed by atoms with E-state index in [9.17, 15) is 4.39 Å². The van der Waals surface area contributed by atoms with Crippen LogP contribution in [0, 0.1) is 0 Å². The van der Waals surface area contributed by atoms with Crippen LogP contribution in [-0.4, -0.2) is 13.8 Å². The van der Waals surface area contributed by atoms with Crippen molar-refractivity contribution in [2.75, 3.05) is 0 Å². The van der Waals surface area contributed by atoms with Crippen molar-refractivity contribution in [3.8, 4) is 0 Å². The van der Waals surface area contributed by atoms with Crippen LogP contribution in [0.4, 0.5) is 9.18 Å². The van der Waals surface area contributed by atoms with Crippen LogP contribution in [0.2, 0.25) is 0 Å². The Morgan fingerprint density at radius 2 is 2.00 bits per heavy atom. The quantitative estimate of drug-likeness (QED) is 0.277. The van der Waals surface area contributed by atoms with E-state index in [2.05, 4.69) is 0 Å². The molecule has 4 heavy (non-hydrogen) atoms. The molecule has 0 fully saturated rings. The number of hydrogen-bond donors (Lipinski definition) is 0. The van der Waals surface area contributed by atoms with Gasteiger partial charge in [0.15, 0.2) is 0 Å². The lowest BCUT2D eigenvalue weighted by molar-refractivity contribution is 0.244. The van der Waals surface area contributed by atoms with E-state index in [1.165, 1.54) is 0 Å². The SMILES string of the molecule is BC(=O)F. The molecule has 0 saturated carbocycles. The number of rotatable bonds is 0. The van der Waals surface area contributed by atoms with E-state index in [4.69, 9.17) is 4.79 Å². The minimum atomic E-state index is -1.33. The van der Waals surface area contributed by atoms with E-state index in [-0.39, 0.29) is 0 Å². The molecule has 0 aromatic carbocycles. The molecule has 0 aliphatic heterocycles. The number of hydrogen-bond acceptors (Lipinski definition) is 1. The van der Waals surface area contributed by atoms with Crippen LogP contribution >= 0.6 is 0 Å². The van der Waals surface area contributed by atoms with Crippen LogP contribution in [0.1, 0.15) is 0 Å².